The number of amides is 1. The van der Waals surface area contributed by atoms with Gasteiger partial charge in [-0.2, -0.15) is 0 Å². The predicted molar refractivity (Wildman–Crippen MR) is 118 cm³/mol. The maximum atomic E-state index is 13.0. The largest absolute Gasteiger partial charge is 0.507 e. The number of hydrogen-bond acceptors (Lipinski definition) is 6. The average Bonchev–Trinajstić information content (AvgIpc) is 3.49. The summed E-state index contributed by atoms with van der Waals surface area (Å²) >= 11 is 1.45. The Kier molecular flexibility index (Phi) is 5.95. The number of Topliss-reactive ketones (excluding diaryl/α,β-unsaturated/α-hetero) is 1. The first-order valence-electron chi connectivity index (χ1n) is 10.1. The molecule has 0 spiro atoms. The minimum atomic E-state index is -0.701. The Morgan fingerprint density at radius 3 is 2.58 bits per heavy atom. The van der Waals surface area contributed by atoms with Crippen molar-refractivity contribution in [3.8, 4) is 5.75 Å². The number of rotatable bonds is 7. The summed E-state index contributed by atoms with van der Waals surface area (Å²) in [5.41, 5.74) is 1.50. The molecule has 0 bridgehead atoms. The molecule has 1 aromatic carbocycles. The van der Waals surface area contributed by atoms with Crippen LogP contribution in [0.15, 0.2) is 64.1 Å². The van der Waals surface area contributed by atoms with E-state index in [-0.39, 0.29) is 17.9 Å². The molecule has 4 rings (SSSR count). The number of nitrogens with zero attached hydrogens (tertiary/aromatic N) is 1. The fraction of sp³-hybridized carbons (Fsp3) is 0.250. The summed E-state index contributed by atoms with van der Waals surface area (Å²) in [4.78, 5) is 28.3. The lowest BCUT2D eigenvalue weighted by atomic mass is 9.98. The fourth-order valence-electron chi connectivity index (χ4n) is 3.64. The van der Waals surface area contributed by atoms with Gasteiger partial charge in [0.15, 0.2) is 0 Å². The van der Waals surface area contributed by atoms with E-state index in [2.05, 4.69) is 0 Å². The Balaban J connectivity index is 1.77. The van der Waals surface area contributed by atoms with Gasteiger partial charge in [-0.25, -0.2) is 0 Å². The molecule has 0 radical (unpaired) electrons. The summed E-state index contributed by atoms with van der Waals surface area (Å²) < 4.78 is 11.0. The molecule has 1 aliphatic heterocycles. The minimum Gasteiger partial charge on any atom is -0.507 e. The molecule has 3 heterocycles. The molecule has 0 aliphatic carbocycles. The van der Waals surface area contributed by atoms with Crippen LogP contribution in [0.25, 0.3) is 5.76 Å². The van der Waals surface area contributed by atoms with Gasteiger partial charge in [-0.05, 0) is 66.8 Å². The van der Waals surface area contributed by atoms with Gasteiger partial charge < -0.3 is 19.2 Å². The van der Waals surface area contributed by atoms with Crippen molar-refractivity contribution in [2.45, 2.75) is 32.9 Å². The van der Waals surface area contributed by atoms with E-state index in [0.29, 0.717) is 23.7 Å². The molecule has 0 saturated carbocycles. The van der Waals surface area contributed by atoms with Crippen molar-refractivity contribution >= 4 is 28.8 Å². The third kappa shape index (κ3) is 4.01. The van der Waals surface area contributed by atoms with Gasteiger partial charge in [0.25, 0.3) is 11.7 Å². The topological polar surface area (TPSA) is 80.0 Å². The molecular formula is C24H23NO5S. The maximum Gasteiger partial charge on any atom is 0.296 e. The van der Waals surface area contributed by atoms with Crippen LogP contribution in [0.3, 0.4) is 0 Å². The molecule has 1 N–H and O–H groups in total. The maximum absolute atomic E-state index is 13.0. The number of hydrogen-bond donors (Lipinski definition) is 1. The zero-order valence-corrected chi connectivity index (χ0v) is 18.1. The fourth-order valence-corrected chi connectivity index (χ4v) is 4.68. The van der Waals surface area contributed by atoms with Crippen LogP contribution in [0, 0.1) is 6.92 Å². The molecule has 1 atom stereocenters. The number of aliphatic hydroxyl groups excluding tert-OH is 1. The predicted octanol–water partition coefficient (Wildman–Crippen LogP) is 5.06. The third-order valence-electron chi connectivity index (χ3n) is 5.20. The van der Waals surface area contributed by atoms with Crippen LogP contribution < -0.4 is 4.74 Å². The molecular weight excluding hydrogens is 414 g/mol. The minimum absolute atomic E-state index is 0.0873. The van der Waals surface area contributed by atoms with Gasteiger partial charge in [-0.1, -0.05) is 6.92 Å². The van der Waals surface area contributed by atoms with E-state index in [1.807, 2.05) is 25.3 Å². The highest BCUT2D eigenvalue weighted by molar-refractivity contribution is 7.10. The van der Waals surface area contributed by atoms with Gasteiger partial charge in [0.1, 0.15) is 23.3 Å². The molecule has 3 aromatic rings. The van der Waals surface area contributed by atoms with E-state index < -0.39 is 17.7 Å². The number of ether oxygens (including phenoxy) is 1. The van der Waals surface area contributed by atoms with E-state index in [0.717, 1.165) is 16.9 Å². The van der Waals surface area contributed by atoms with E-state index in [4.69, 9.17) is 9.15 Å². The molecule has 160 valence electrons. The normalized spacial score (nSPS) is 18.0. The first-order valence-corrected chi connectivity index (χ1v) is 11.0. The first-order chi connectivity index (χ1) is 15.0. The monoisotopic (exact) mass is 437 g/mol. The Morgan fingerprint density at radius 2 is 1.97 bits per heavy atom. The standard InChI is InChI=1S/C24H23NO5S/c1-3-11-29-17-8-6-16(7-9-17)21(26)19-20(23-15(2)10-13-31-23)25(24(28)22(19)27)14-18-5-4-12-30-18/h4-10,12-13,20,26H,3,11,14H2,1-2H3/b21-19-. The number of furan rings is 1. The second-order valence-electron chi connectivity index (χ2n) is 7.35. The number of thiophene rings is 1. The summed E-state index contributed by atoms with van der Waals surface area (Å²) in [7, 11) is 0. The summed E-state index contributed by atoms with van der Waals surface area (Å²) in [6.07, 6.45) is 2.42. The third-order valence-corrected chi connectivity index (χ3v) is 6.27. The molecule has 6 nitrogen and oxygen atoms in total. The molecule has 1 fully saturated rings. The lowest BCUT2D eigenvalue weighted by molar-refractivity contribution is -0.140. The SMILES string of the molecule is CCCOc1ccc(/C(O)=C2/C(=O)C(=O)N(Cc3ccco3)C2c2sccc2C)cc1. The van der Waals surface area contributed by atoms with Crippen molar-refractivity contribution < 1.29 is 23.8 Å². The van der Waals surface area contributed by atoms with E-state index >= 15 is 0 Å². The molecule has 31 heavy (non-hydrogen) atoms. The van der Waals surface area contributed by atoms with Crippen molar-refractivity contribution in [1.29, 1.82) is 0 Å². The van der Waals surface area contributed by atoms with Gasteiger partial charge in [0, 0.05) is 10.4 Å². The van der Waals surface area contributed by atoms with E-state index in [9.17, 15) is 14.7 Å². The van der Waals surface area contributed by atoms with Gasteiger partial charge in [-0.3, -0.25) is 9.59 Å². The Labute approximate surface area is 184 Å². The van der Waals surface area contributed by atoms with Gasteiger partial charge >= 0.3 is 0 Å². The van der Waals surface area contributed by atoms with Gasteiger partial charge in [0.05, 0.1) is 25.0 Å². The molecule has 1 saturated heterocycles. The number of aliphatic hydroxyl groups is 1. The molecule has 7 heteroatoms. The quantitative estimate of drug-likeness (QED) is 0.317. The van der Waals surface area contributed by atoms with Gasteiger partial charge in [-0.15, -0.1) is 11.3 Å². The molecule has 2 aromatic heterocycles. The van der Waals surface area contributed by atoms with Crippen LogP contribution in [-0.4, -0.2) is 28.3 Å². The zero-order chi connectivity index (χ0) is 22.0. The number of aryl methyl sites for hydroxylation is 1. The molecule has 1 aliphatic rings. The first kappa shape index (κ1) is 20.9. The van der Waals surface area contributed by atoms with Crippen molar-refractivity contribution in [3.05, 3.63) is 81.4 Å². The van der Waals surface area contributed by atoms with Crippen molar-refractivity contribution in [2.75, 3.05) is 6.61 Å². The summed E-state index contributed by atoms with van der Waals surface area (Å²) in [6.45, 7) is 4.69. The second-order valence-corrected chi connectivity index (χ2v) is 8.29. The average molecular weight is 438 g/mol. The number of carbonyl (C=O) groups excluding carboxylic acids is 2. The van der Waals surface area contributed by atoms with Crippen LogP contribution in [0.1, 0.15) is 41.2 Å². The van der Waals surface area contributed by atoms with Crippen LogP contribution >= 0.6 is 11.3 Å². The molecule has 1 unspecified atom stereocenters. The lowest BCUT2D eigenvalue weighted by Crippen LogP contribution is -2.28. The van der Waals surface area contributed by atoms with E-state index in [1.165, 1.54) is 22.5 Å². The smallest absolute Gasteiger partial charge is 0.296 e. The van der Waals surface area contributed by atoms with Gasteiger partial charge in [0.2, 0.25) is 0 Å². The van der Waals surface area contributed by atoms with Crippen LogP contribution in [-0.2, 0) is 16.1 Å². The lowest BCUT2D eigenvalue weighted by Gasteiger charge is -2.24. The van der Waals surface area contributed by atoms with Crippen LogP contribution in [0.4, 0.5) is 0 Å². The van der Waals surface area contributed by atoms with Crippen molar-refractivity contribution in [1.82, 2.24) is 4.90 Å². The molecule has 1 amide bonds. The highest BCUT2D eigenvalue weighted by atomic mass is 32.1. The highest BCUT2D eigenvalue weighted by Crippen LogP contribution is 2.43. The number of ketones is 1. The van der Waals surface area contributed by atoms with E-state index in [1.54, 1.807) is 36.4 Å². The zero-order valence-electron chi connectivity index (χ0n) is 17.3. The second kappa shape index (κ2) is 8.81. The number of carbonyl (C=O) groups is 2. The summed E-state index contributed by atoms with van der Waals surface area (Å²) in [5.74, 6) is -0.298. The Hall–Kier alpha value is -3.32. The summed E-state index contributed by atoms with van der Waals surface area (Å²) in [6, 6.07) is 11.6. The Morgan fingerprint density at radius 1 is 1.19 bits per heavy atom. The van der Waals surface area contributed by atoms with Crippen molar-refractivity contribution in [3.63, 3.8) is 0 Å². The van der Waals surface area contributed by atoms with Crippen molar-refractivity contribution in [2.24, 2.45) is 0 Å². The van der Waals surface area contributed by atoms with Crippen LogP contribution in [0.5, 0.6) is 5.75 Å². The van der Waals surface area contributed by atoms with Crippen LogP contribution in [0.2, 0.25) is 0 Å². The summed E-state index contributed by atoms with van der Waals surface area (Å²) in [5, 5.41) is 13.0. The Bertz CT molecular complexity index is 1110. The number of likely N-dealkylation sites (tertiary alicyclic amines) is 1. The highest BCUT2D eigenvalue weighted by Gasteiger charge is 2.47. The number of benzene rings is 1.